The van der Waals surface area contributed by atoms with E-state index < -0.39 is 0 Å². The molecule has 0 aliphatic rings. The van der Waals surface area contributed by atoms with Crippen molar-refractivity contribution in [3.8, 4) is 0 Å². The summed E-state index contributed by atoms with van der Waals surface area (Å²) in [6, 6.07) is 0. The van der Waals surface area contributed by atoms with E-state index in [0.717, 1.165) is 5.33 Å². The lowest BCUT2D eigenvalue weighted by Crippen LogP contribution is -1.75. The molecule has 0 aromatic rings. The average molecular weight is 163 g/mol. The zero-order chi connectivity index (χ0) is 5.70. The molecule has 0 fully saturated rings. The summed E-state index contributed by atoms with van der Waals surface area (Å²) in [7, 11) is 0. The van der Waals surface area contributed by atoms with Crippen LogP contribution in [0.2, 0.25) is 0 Å². The molecule has 42 valence electrons. The van der Waals surface area contributed by atoms with Gasteiger partial charge in [-0.05, 0) is 5.92 Å². The number of alkyl halides is 1. The van der Waals surface area contributed by atoms with Crippen molar-refractivity contribution in [1.29, 1.82) is 0 Å². The second-order valence-corrected chi connectivity index (χ2v) is 2.47. The highest BCUT2D eigenvalue weighted by Gasteiger charge is 1.78. The Morgan fingerprint density at radius 2 is 2.14 bits per heavy atom. The van der Waals surface area contributed by atoms with Gasteiger partial charge in [0, 0.05) is 5.33 Å². The Bertz CT molecular complexity index is 55.2. The van der Waals surface area contributed by atoms with Crippen LogP contribution in [0.4, 0.5) is 0 Å². The fraction of sp³-hybridized carbons (Fsp3) is 0.667. The van der Waals surface area contributed by atoms with Gasteiger partial charge < -0.3 is 0 Å². The summed E-state index contributed by atoms with van der Waals surface area (Å²) in [5, 5.41) is 0.977. The highest BCUT2D eigenvalue weighted by Crippen LogP contribution is 1.93. The maximum absolute atomic E-state index is 3.29. The standard InChI is InChI=1S/C6H11Br/c1-6(2)4-3-5-7/h3-4,6H,5H2,1-2H3. The maximum atomic E-state index is 3.29. The second-order valence-electron chi connectivity index (χ2n) is 1.83. The molecule has 0 aliphatic heterocycles. The molecule has 7 heavy (non-hydrogen) atoms. The normalized spacial score (nSPS) is 11.4. The van der Waals surface area contributed by atoms with Gasteiger partial charge in [-0.25, -0.2) is 0 Å². The van der Waals surface area contributed by atoms with Crippen molar-refractivity contribution < 1.29 is 0 Å². The van der Waals surface area contributed by atoms with E-state index in [1.165, 1.54) is 0 Å². The fourth-order valence-electron chi connectivity index (χ4n) is 0.324. The Morgan fingerprint density at radius 3 is 2.29 bits per heavy atom. The molecule has 0 aromatic heterocycles. The molecule has 0 aromatic carbocycles. The van der Waals surface area contributed by atoms with E-state index in [2.05, 4.69) is 41.9 Å². The first-order chi connectivity index (χ1) is 3.27. The Morgan fingerprint density at radius 1 is 1.57 bits per heavy atom. The van der Waals surface area contributed by atoms with E-state index in [1.807, 2.05) is 0 Å². The molecule has 1 heteroatoms. The minimum atomic E-state index is 0.692. The molecule has 0 heterocycles. The number of allylic oxidation sites excluding steroid dienone is 2. The van der Waals surface area contributed by atoms with Crippen molar-refractivity contribution in [2.24, 2.45) is 5.92 Å². The summed E-state index contributed by atoms with van der Waals surface area (Å²) in [6.07, 6.45) is 4.29. The van der Waals surface area contributed by atoms with Gasteiger partial charge in [-0.15, -0.1) is 0 Å². The summed E-state index contributed by atoms with van der Waals surface area (Å²) >= 11 is 3.29. The number of hydrogen-bond acceptors (Lipinski definition) is 0. The quantitative estimate of drug-likeness (QED) is 0.433. The van der Waals surface area contributed by atoms with E-state index in [1.54, 1.807) is 0 Å². The predicted molar refractivity (Wildman–Crippen MR) is 37.8 cm³/mol. The average Bonchev–Trinajstić information content (AvgIpc) is 1.61. The smallest absolute Gasteiger partial charge is 0.0212 e. The largest absolute Gasteiger partial charge is 0.0883 e. The Kier molecular flexibility index (Phi) is 4.52. The van der Waals surface area contributed by atoms with E-state index in [4.69, 9.17) is 0 Å². The summed E-state index contributed by atoms with van der Waals surface area (Å²) in [6.45, 7) is 4.33. The second kappa shape index (κ2) is 4.38. The molecule has 0 spiro atoms. The molecule has 0 saturated heterocycles. The summed E-state index contributed by atoms with van der Waals surface area (Å²) in [5.74, 6) is 0.692. The third-order valence-corrected chi connectivity index (χ3v) is 0.984. The van der Waals surface area contributed by atoms with Crippen molar-refractivity contribution in [2.45, 2.75) is 13.8 Å². The van der Waals surface area contributed by atoms with Gasteiger partial charge in [0.05, 0.1) is 0 Å². The van der Waals surface area contributed by atoms with Gasteiger partial charge in [0.25, 0.3) is 0 Å². The zero-order valence-electron chi connectivity index (χ0n) is 4.82. The van der Waals surface area contributed by atoms with Gasteiger partial charge in [-0.1, -0.05) is 41.9 Å². The number of rotatable bonds is 2. The fourth-order valence-corrected chi connectivity index (χ4v) is 0.539. The molecule has 0 aliphatic carbocycles. The van der Waals surface area contributed by atoms with Crippen molar-refractivity contribution in [2.75, 3.05) is 5.33 Å². The van der Waals surface area contributed by atoms with Gasteiger partial charge in [0.2, 0.25) is 0 Å². The zero-order valence-corrected chi connectivity index (χ0v) is 6.40. The Labute approximate surface area is 53.7 Å². The monoisotopic (exact) mass is 162 g/mol. The Balaban J connectivity index is 3.08. The van der Waals surface area contributed by atoms with E-state index in [9.17, 15) is 0 Å². The van der Waals surface area contributed by atoms with Crippen molar-refractivity contribution in [3.05, 3.63) is 12.2 Å². The van der Waals surface area contributed by atoms with Crippen LogP contribution in [0.3, 0.4) is 0 Å². The van der Waals surface area contributed by atoms with Crippen LogP contribution in [-0.2, 0) is 0 Å². The maximum Gasteiger partial charge on any atom is 0.0212 e. The van der Waals surface area contributed by atoms with Crippen LogP contribution >= 0.6 is 15.9 Å². The first kappa shape index (κ1) is 7.22. The van der Waals surface area contributed by atoms with Crippen LogP contribution in [-0.4, -0.2) is 5.33 Å². The molecule has 0 N–H and O–H groups in total. The first-order valence-electron chi connectivity index (χ1n) is 2.50. The predicted octanol–water partition coefficient (Wildman–Crippen LogP) is 2.59. The van der Waals surface area contributed by atoms with Crippen LogP contribution in [0.5, 0.6) is 0 Å². The lowest BCUT2D eigenvalue weighted by atomic mass is 10.2. The van der Waals surface area contributed by atoms with Crippen LogP contribution in [0.25, 0.3) is 0 Å². The van der Waals surface area contributed by atoms with Gasteiger partial charge in [-0.3, -0.25) is 0 Å². The minimum Gasteiger partial charge on any atom is -0.0883 e. The van der Waals surface area contributed by atoms with Crippen LogP contribution in [0, 0.1) is 5.92 Å². The lowest BCUT2D eigenvalue weighted by Gasteiger charge is -1.88. The molecule has 0 amide bonds. The van der Waals surface area contributed by atoms with Crippen molar-refractivity contribution >= 4 is 15.9 Å². The molecule has 0 atom stereocenters. The molecular formula is C6H11Br. The Hall–Kier alpha value is 0.220. The summed E-state index contributed by atoms with van der Waals surface area (Å²) in [5.41, 5.74) is 0. The van der Waals surface area contributed by atoms with Gasteiger partial charge in [0.1, 0.15) is 0 Å². The number of hydrogen-bond donors (Lipinski definition) is 0. The van der Waals surface area contributed by atoms with Crippen LogP contribution in [0.1, 0.15) is 13.8 Å². The van der Waals surface area contributed by atoms with Gasteiger partial charge >= 0.3 is 0 Å². The number of halogens is 1. The molecule has 0 unspecified atom stereocenters. The van der Waals surface area contributed by atoms with Crippen LogP contribution in [0.15, 0.2) is 12.2 Å². The first-order valence-corrected chi connectivity index (χ1v) is 3.62. The topological polar surface area (TPSA) is 0 Å². The van der Waals surface area contributed by atoms with Crippen molar-refractivity contribution in [1.82, 2.24) is 0 Å². The van der Waals surface area contributed by atoms with E-state index in [0.29, 0.717) is 5.92 Å². The SMILES string of the molecule is CC(C)C=CCBr. The highest BCUT2D eigenvalue weighted by molar-refractivity contribution is 9.09. The van der Waals surface area contributed by atoms with Gasteiger partial charge in [-0.2, -0.15) is 0 Å². The molecule has 0 radical (unpaired) electrons. The molecule has 0 bridgehead atoms. The van der Waals surface area contributed by atoms with Crippen LogP contribution < -0.4 is 0 Å². The summed E-state index contributed by atoms with van der Waals surface area (Å²) in [4.78, 5) is 0. The van der Waals surface area contributed by atoms with E-state index >= 15 is 0 Å². The molecule has 0 saturated carbocycles. The minimum absolute atomic E-state index is 0.692. The van der Waals surface area contributed by atoms with Crippen molar-refractivity contribution in [3.63, 3.8) is 0 Å². The van der Waals surface area contributed by atoms with E-state index in [-0.39, 0.29) is 0 Å². The molecule has 0 nitrogen and oxygen atoms in total. The third-order valence-electron chi connectivity index (χ3n) is 0.610. The highest BCUT2D eigenvalue weighted by atomic mass is 79.9. The third kappa shape index (κ3) is 6.22. The molecule has 0 rings (SSSR count). The lowest BCUT2D eigenvalue weighted by molar-refractivity contribution is 0.830. The molecular weight excluding hydrogens is 152 g/mol. The van der Waals surface area contributed by atoms with Gasteiger partial charge in [0.15, 0.2) is 0 Å². The summed E-state index contributed by atoms with van der Waals surface area (Å²) < 4.78 is 0.